The van der Waals surface area contributed by atoms with Crippen molar-refractivity contribution in [1.82, 2.24) is 0 Å². The van der Waals surface area contributed by atoms with Crippen molar-refractivity contribution in [3.63, 3.8) is 0 Å². The molecule has 2 aliphatic rings. The normalized spacial score (nSPS) is 27.2. The highest BCUT2D eigenvalue weighted by Gasteiger charge is 2.29. The Labute approximate surface area is 148 Å². The van der Waals surface area contributed by atoms with Crippen LogP contribution in [0.15, 0.2) is 29.2 Å². The molecule has 0 amide bonds. The van der Waals surface area contributed by atoms with E-state index in [0.29, 0.717) is 10.8 Å². The second-order valence-corrected chi connectivity index (χ2v) is 10.3. The van der Waals surface area contributed by atoms with Crippen molar-refractivity contribution in [1.29, 1.82) is 0 Å². The topological polar surface area (TPSA) is 34.1 Å². The molecule has 1 unspecified atom stereocenters. The summed E-state index contributed by atoms with van der Waals surface area (Å²) >= 11 is 0. The molecule has 0 aliphatic heterocycles. The lowest BCUT2D eigenvalue weighted by Gasteiger charge is -2.29. The molecule has 0 saturated heterocycles. The van der Waals surface area contributed by atoms with Crippen LogP contribution in [0.2, 0.25) is 0 Å². The summed E-state index contributed by atoms with van der Waals surface area (Å²) in [5.41, 5.74) is 1.33. The Kier molecular flexibility index (Phi) is 5.69. The van der Waals surface area contributed by atoms with E-state index in [9.17, 15) is 8.42 Å². The van der Waals surface area contributed by atoms with Gasteiger partial charge in [-0.3, -0.25) is 0 Å². The monoisotopic (exact) mass is 348 g/mol. The summed E-state index contributed by atoms with van der Waals surface area (Å²) in [5, 5.41) is 0. The van der Waals surface area contributed by atoms with Crippen LogP contribution in [0.5, 0.6) is 0 Å². The van der Waals surface area contributed by atoms with E-state index >= 15 is 0 Å². The third-order valence-electron chi connectivity index (χ3n) is 6.48. The van der Waals surface area contributed by atoms with Crippen LogP contribution in [0.1, 0.15) is 76.2 Å². The fourth-order valence-electron chi connectivity index (χ4n) is 5.00. The molecule has 2 fully saturated rings. The molecule has 3 rings (SSSR count). The van der Waals surface area contributed by atoms with Crippen LogP contribution < -0.4 is 0 Å². The van der Waals surface area contributed by atoms with Gasteiger partial charge >= 0.3 is 0 Å². The molecule has 24 heavy (non-hydrogen) atoms. The fourth-order valence-corrected chi connectivity index (χ4v) is 5.63. The standard InChI is InChI=1S/C21H32O2S/c1-16(18-6-4-3-5-7-18)14-17-8-9-20(15-17)19-10-12-21(13-11-19)24(2,22)23/h10-13,16-18,20H,3-9,14-15H2,1-2H3/t16-,17?,20-/m0/s1. The quantitative estimate of drug-likeness (QED) is 0.696. The molecule has 1 aromatic carbocycles. The molecule has 0 N–H and O–H groups in total. The highest BCUT2D eigenvalue weighted by atomic mass is 32.2. The molecule has 134 valence electrons. The Morgan fingerprint density at radius 3 is 2.29 bits per heavy atom. The molecule has 0 heterocycles. The van der Waals surface area contributed by atoms with Gasteiger partial charge in [-0.15, -0.1) is 0 Å². The van der Waals surface area contributed by atoms with Gasteiger partial charge in [0.05, 0.1) is 4.90 Å². The van der Waals surface area contributed by atoms with E-state index in [4.69, 9.17) is 0 Å². The predicted octanol–water partition coefficient (Wildman–Crippen LogP) is 5.58. The maximum atomic E-state index is 11.6. The number of benzene rings is 1. The minimum Gasteiger partial charge on any atom is -0.224 e. The summed E-state index contributed by atoms with van der Waals surface area (Å²) in [6.07, 6.45) is 13.8. The van der Waals surface area contributed by atoms with Crippen molar-refractivity contribution in [2.24, 2.45) is 17.8 Å². The van der Waals surface area contributed by atoms with Crippen molar-refractivity contribution in [3.8, 4) is 0 Å². The lowest BCUT2D eigenvalue weighted by atomic mass is 9.77. The van der Waals surface area contributed by atoms with Crippen LogP contribution in [-0.2, 0) is 9.84 Å². The van der Waals surface area contributed by atoms with Crippen LogP contribution in [0.25, 0.3) is 0 Å². The molecule has 2 saturated carbocycles. The van der Waals surface area contributed by atoms with Crippen molar-refractivity contribution in [2.45, 2.75) is 75.5 Å². The first-order valence-electron chi connectivity index (χ1n) is 9.73. The van der Waals surface area contributed by atoms with Crippen molar-refractivity contribution >= 4 is 9.84 Å². The van der Waals surface area contributed by atoms with Crippen LogP contribution in [0, 0.1) is 17.8 Å². The smallest absolute Gasteiger partial charge is 0.175 e. The van der Waals surface area contributed by atoms with Crippen LogP contribution in [-0.4, -0.2) is 14.7 Å². The molecule has 0 spiro atoms. The van der Waals surface area contributed by atoms with E-state index in [1.54, 1.807) is 12.1 Å². The number of sulfone groups is 1. The second kappa shape index (κ2) is 7.59. The summed E-state index contributed by atoms with van der Waals surface area (Å²) in [6, 6.07) is 7.63. The maximum Gasteiger partial charge on any atom is 0.175 e. The van der Waals surface area contributed by atoms with E-state index in [-0.39, 0.29) is 0 Å². The third-order valence-corrected chi connectivity index (χ3v) is 7.61. The summed E-state index contributed by atoms with van der Waals surface area (Å²) in [5.74, 6) is 3.33. The van der Waals surface area contributed by atoms with E-state index in [1.807, 2.05) is 12.1 Å². The first-order chi connectivity index (χ1) is 11.4. The molecule has 1 aromatic rings. The molecule has 2 nitrogen and oxygen atoms in total. The Hall–Kier alpha value is -0.830. The lowest BCUT2D eigenvalue weighted by Crippen LogP contribution is -2.17. The van der Waals surface area contributed by atoms with E-state index < -0.39 is 9.84 Å². The molecule has 0 radical (unpaired) electrons. The molecular formula is C21H32O2S. The van der Waals surface area contributed by atoms with Crippen molar-refractivity contribution in [3.05, 3.63) is 29.8 Å². The van der Waals surface area contributed by atoms with E-state index in [0.717, 1.165) is 17.8 Å². The van der Waals surface area contributed by atoms with Crippen LogP contribution in [0.3, 0.4) is 0 Å². The zero-order valence-corrected chi connectivity index (χ0v) is 16.0. The molecule has 0 bridgehead atoms. The Balaban J connectivity index is 1.55. The zero-order valence-electron chi connectivity index (χ0n) is 15.2. The second-order valence-electron chi connectivity index (χ2n) is 8.33. The van der Waals surface area contributed by atoms with Gasteiger partial charge < -0.3 is 0 Å². The molecular weight excluding hydrogens is 316 g/mol. The number of hydrogen-bond donors (Lipinski definition) is 0. The molecule has 0 aromatic heterocycles. The van der Waals surface area contributed by atoms with E-state index in [2.05, 4.69) is 6.92 Å². The minimum atomic E-state index is -3.08. The molecule has 2 aliphatic carbocycles. The zero-order chi connectivity index (χ0) is 17.2. The highest BCUT2D eigenvalue weighted by Crippen LogP contribution is 2.43. The Morgan fingerprint density at radius 2 is 1.67 bits per heavy atom. The summed E-state index contributed by atoms with van der Waals surface area (Å²) in [7, 11) is -3.08. The Bertz CT molecular complexity index is 626. The minimum absolute atomic E-state index is 0.437. The summed E-state index contributed by atoms with van der Waals surface area (Å²) in [4.78, 5) is 0.437. The fraction of sp³-hybridized carbons (Fsp3) is 0.714. The van der Waals surface area contributed by atoms with Crippen molar-refractivity contribution < 1.29 is 8.42 Å². The molecule has 3 atom stereocenters. The third kappa shape index (κ3) is 4.41. The van der Waals surface area contributed by atoms with Gasteiger partial charge in [0.15, 0.2) is 9.84 Å². The van der Waals surface area contributed by atoms with Gasteiger partial charge in [-0.1, -0.05) is 51.2 Å². The van der Waals surface area contributed by atoms with Gasteiger partial charge in [-0.05, 0) is 67.1 Å². The maximum absolute atomic E-state index is 11.6. The van der Waals surface area contributed by atoms with E-state index in [1.165, 1.54) is 69.6 Å². The van der Waals surface area contributed by atoms with Gasteiger partial charge in [-0.2, -0.15) is 0 Å². The SMILES string of the molecule is C[C@@H](CC1CC[C@H](c2ccc(S(C)(=O)=O)cc2)C1)C1CCCCC1. The van der Waals surface area contributed by atoms with Gasteiger partial charge in [-0.25, -0.2) is 8.42 Å². The molecule has 3 heteroatoms. The first-order valence-corrected chi connectivity index (χ1v) is 11.6. The summed E-state index contributed by atoms with van der Waals surface area (Å²) < 4.78 is 23.2. The van der Waals surface area contributed by atoms with Crippen molar-refractivity contribution in [2.75, 3.05) is 6.26 Å². The summed E-state index contributed by atoms with van der Waals surface area (Å²) in [6.45, 7) is 2.48. The largest absolute Gasteiger partial charge is 0.224 e. The Morgan fingerprint density at radius 1 is 1.00 bits per heavy atom. The average Bonchev–Trinajstić information content (AvgIpc) is 3.03. The first kappa shape index (κ1) is 18.0. The number of rotatable bonds is 5. The van der Waals surface area contributed by atoms with Crippen LogP contribution >= 0.6 is 0 Å². The van der Waals surface area contributed by atoms with Gasteiger partial charge in [0.2, 0.25) is 0 Å². The average molecular weight is 349 g/mol. The lowest BCUT2D eigenvalue weighted by molar-refractivity contribution is 0.225. The predicted molar refractivity (Wildman–Crippen MR) is 100.0 cm³/mol. The highest BCUT2D eigenvalue weighted by molar-refractivity contribution is 7.90. The van der Waals surface area contributed by atoms with Gasteiger partial charge in [0, 0.05) is 6.26 Å². The number of hydrogen-bond acceptors (Lipinski definition) is 2. The van der Waals surface area contributed by atoms with Gasteiger partial charge in [0.1, 0.15) is 0 Å². The van der Waals surface area contributed by atoms with Crippen LogP contribution in [0.4, 0.5) is 0 Å². The van der Waals surface area contributed by atoms with Gasteiger partial charge in [0.25, 0.3) is 0 Å².